The molecule has 6 nitrogen and oxygen atoms in total. The van der Waals surface area contributed by atoms with Gasteiger partial charge >= 0.3 is 0 Å². The highest BCUT2D eigenvalue weighted by Crippen LogP contribution is 2.22. The Morgan fingerprint density at radius 2 is 1.74 bits per heavy atom. The highest BCUT2D eigenvalue weighted by molar-refractivity contribution is 7.92. The second-order valence-corrected chi connectivity index (χ2v) is 8.46. The van der Waals surface area contributed by atoms with E-state index >= 15 is 0 Å². The lowest BCUT2D eigenvalue weighted by Crippen LogP contribution is -2.21. The van der Waals surface area contributed by atoms with Crippen molar-refractivity contribution in [3.8, 4) is 0 Å². The summed E-state index contributed by atoms with van der Waals surface area (Å²) in [6.07, 6.45) is 4.93. The number of aromatic nitrogens is 2. The number of hydrogen-bond acceptors (Lipinski definition) is 4. The van der Waals surface area contributed by atoms with Crippen LogP contribution < -0.4 is 10.0 Å². The highest BCUT2D eigenvalue weighted by Gasteiger charge is 2.15. The van der Waals surface area contributed by atoms with Crippen molar-refractivity contribution in [2.45, 2.75) is 39.3 Å². The van der Waals surface area contributed by atoms with Gasteiger partial charge in [-0.05, 0) is 45.4 Å². The second-order valence-electron chi connectivity index (χ2n) is 6.71. The van der Waals surface area contributed by atoms with Gasteiger partial charge < -0.3 is 5.32 Å². The van der Waals surface area contributed by atoms with E-state index < -0.39 is 10.0 Å². The standard InChI is InChI=1S/C16H24N4O2S/c1-12(18-15-10-17-20(11-15)16(2,3)4)13-6-8-14(9-7-13)19-23(5,21)22/h6-12,18-19H,1-5H3/t12-/m1/s1. The van der Waals surface area contributed by atoms with E-state index in [1.165, 1.54) is 0 Å². The summed E-state index contributed by atoms with van der Waals surface area (Å²) in [5.41, 5.74) is 2.52. The van der Waals surface area contributed by atoms with E-state index in [1.54, 1.807) is 18.3 Å². The first kappa shape index (κ1) is 17.3. The second kappa shape index (κ2) is 6.23. The quantitative estimate of drug-likeness (QED) is 0.879. The topological polar surface area (TPSA) is 76.0 Å². The molecule has 2 N–H and O–H groups in total. The first-order valence-electron chi connectivity index (χ1n) is 7.44. The van der Waals surface area contributed by atoms with Crippen molar-refractivity contribution >= 4 is 21.4 Å². The molecule has 0 unspecified atom stereocenters. The lowest BCUT2D eigenvalue weighted by Gasteiger charge is -2.19. The summed E-state index contributed by atoms with van der Waals surface area (Å²) in [6.45, 7) is 8.34. The molecule has 0 aliphatic rings. The van der Waals surface area contributed by atoms with E-state index in [2.05, 4.69) is 35.9 Å². The van der Waals surface area contributed by atoms with Crippen molar-refractivity contribution in [1.29, 1.82) is 0 Å². The maximum Gasteiger partial charge on any atom is 0.229 e. The summed E-state index contributed by atoms with van der Waals surface area (Å²) >= 11 is 0. The Morgan fingerprint density at radius 1 is 1.13 bits per heavy atom. The maximum absolute atomic E-state index is 11.2. The molecule has 7 heteroatoms. The van der Waals surface area contributed by atoms with Crippen molar-refractivity contribution < 1.29 is 8.42 Å². The Kier molecular flexibility index (Phi) is 4.70. The first-order valence-corrected chi connectivity index (χ1v) is 9.33. The number of nitrogens with zero attached hydrogens (tertiary/aromatic N) is 2. The van der Waals surface area contributed by atoms with Gasteiger partial charge in [-0.2, -0.15) is 5.10 Å². The van der Waals surface area contributed by atoms with E-state index in [9.17, 15) is 8.42 Å². The van der Waals surface area contributed by atoms with Crippen molar-refractivity contribution in [1.82, 2.24) is 9.78 Å². The predicted molar refractivity (Wildman–Crippen MR) is 94.2 cm³/mol. The van der Waals surface area contributed by atoms with Gasteiger partial charge in [-0.25, -0.2) is 8.42 Å². The normalized spacial score (nSPS) is 13.6. The van der Waals surface area contributed by atoms with Gasteiger partial charge in [0.15, 0.2) is 0 Å². The zero-order valence-electron chi connectivity index (χ0n) is 14.2. The van der Waals surface area contributed by atoms with Crippen molar-refractivity contribution in [3.05, 3.63) is 42.2 Å². The molecule has 0 radical (unpaired) electrons. The molecule has 0 amide bonds. The van der Waals surface area contributed by atoms with Crippen LogP contribution in [0.1, 0.15) is 39.3 Å². The lowest BCUT2D eigenvalue weighted by atomic mass is 10.1. The van der Waals surface area contributed by atoms with Gasteiger partial charge in [-0.3, -0.25) is 9.40 Å². The first-order chi connectivity index (χ1) is 10.5. The third kappa shape index (κ3) is 4.99. The van der Waals surface area contributed by atoms with E-state index in [0.29, 0.717) is 5.69 Å². The van der Waals surface area contributed by atoms with Gasteiger partial charge in [-0.15, -0.1) is 0 Å². The van der Waals surface area contributed by atoms with E-state index in [4.69, 9.17) is 0 Å². The SMILES string of the molecule is C[C@@H](Nc1cnn(C(C)(C)C)c1)c1ccc(NS(C)(=O)=O)cc1. The lowest BCUT2D eigenvalue weighted by molar-refractivity contribution is 0.355. The molecule has 2 aromatic rings. The molecule has 0 spiro atoms. The van der Waals surface area contributed by atoms with Crippen LogP contribution in [-0.2, 0) is 15.6 Å². The largest absolute Gasteiger partial charge is 0.376 e. The molecule has 1 heterocycles. The third-order valence-electron chi connectivity index (χ3n) is 3.37. The van der Waals surface area contributed by atoms with Crippen LogP contribution >= 0.6 is 0 Å². The summed E-state index contributed by atoms with van der Waals surface area (Å²) in [5, 5.41) is 7.76. The van der Waals surface area contributed by atoms with Crippen LogP contribution in [0.4, 0.5) is 11.4 Å². The minimum absolute atomic E-state index is 0.0534. The number of hydrogen-bond donors (Lipinski definition) is 2. The van der Waals surface area contributed by atoms with Gasteiger partial charge in [0.2, 0.25) is 10.0 Å². The van der Waals surface area contributed by atoms with E-state index in [1.807, 2.05) is 29.9 Å². The number of anilines is 2. The maximum atomic E-state index is 11.2. The average Bonchev–Trinajstić information content (AvgIpc) is 2.86. The average molecular weight is 336 g/mol. The van der Waals surface area contributed by atoms with Crippen LogP contribution in [0.2, 0.25) is 0 Å². The van der Waals surface area contributed by atoms with E-state index in [0.717, 1.165) is 17.5 Å². The van der Waals surface area contributed by atoms with Crippen molar-refractivity contribution in [3.63, 3.8) is 0 Å². The number of rotatable bonds is 5. The Morgan fingerprint density at radius 3 is 2.22 bits per heavy atom. The molecule has 0 aliphatic heterocycles. The van der Waals surface area contributed by atoms with Crippen molar-refractivity contribution in [2.24, 2.45) is 0 Å². The fourth-order valence-corrected chi connectivity index (χ4v) is 2.72. The number of nitrogens with one attached hydrogen (secondary N) is 2. The van der Waals surface area contributed by atoms with Gasteiger partial charge in [0, 0.05) is 17.9 Å². The molecule has 1 aromatic heterocycles. The minimum atomic E-state index is -3.25. The summed E-state index contributed by atoms with van der Waals surface area (Å²) in [4.78, 5) is 0. The van der Waals surface area contributed by atoms with Crippen molar-refractivity contribution in [2.75, 3.05) is 16.3 Å². The van der Waals surface area contributed by atoms with Crippen LogP contribution in [-0.4, -0.2) is 24.5 Å². The predicted octanol–water partition coefficient (Wildman–Crippen LogP) is 3.18. The van der Waals surface area contributed by atoms with E-state index in [-0.39, 0.29) is 11.6 Å². The minimum Gasteiger partial charge on any atom is -0.376 e. The third-order valence-corrected chi connectivity index (χ3v) is 3.97. The zero-order chi connectivity index (χ0) is 17.3. The van der Waals surface area contributed by atoms with Crippen LogP contribution in [0.5, 0.6) is 0 Å². The highest BCUT2D eigenvalue weighted by atomic mass is 32.2. The van der Waals surface area contributed by atoms with Gasteiger partial charge in [0.05, 0.1) is 23.7 Å². The Labute approximate surface area is 138 Å². The Bertz CT molecular complexity index is 758. The monoisotopic (exact) mass is 336 g/mol. The van der Waals surface area contributed by atoms with Gasteiger partial charge in [0.25, 0.3) is 0 Å². The molecule has 23 heavy (non-hydrogen) atoms. The molecule has 0 fully saturated rings. The fourth-order valence-electron chi connectivity index (χ4n) is 2.15. The Balaban J connectivity index is 2.06. The molecule has 0 saturated carbocycles. The smallest absolute Gasteiger partial charge is 0.229 e. The molecule has 0 saturated heterocycles. The van der Waals surface area contributed by atoms with Gasteiger partial charge in [0.1, 0.15) is 0 Å². The number of benzene rings is 1. The summed E-state index contributed by atoms with van der Waals surface area (Å²) < 4.78 is 26.8. The van der Waals surface area contributed by atoms with Crippen LogP contribution in [0.15, 0.2) is 36.7 Å². The summed E-state index contributed by atoms with van der Waals surface area (Å²) in [7, 11) is -3.25. The molecule has 2 rings (SSSR count). The van der Waals surface area contributed by atoms with Crippen LogP contribution in [0.25, 0.3) is 0 Å². The fraction of sp³-hybridized carbons (Fsp3) is 0.438. The summed E-state index contributed by atoms with van der Waals surface area (Å²) in [5.74, 6) is 0. The number of sulfonamides is 1. The summed E-state index contributed by atoms with van der Waals surface area (Å²) in [6, 6.07) is 7.40. The molecule has 0 bridgehead atoms. The van der Waals surface area contributed by atoms with Gasteiger partial charge in [-0.1, -0.05) is 12.1 Å². The molecular weight excluding hydrogens is 312 g/mol. The Hall–Kier alpha value is -2.02. The molecule has 0 aliphatic carbocycles. The zero-order valence-corrected chi connectivity index (χ0v) is 15.0. The molecule has 1 aromatic carbocycles. The molecular formula is C16H24N4O2S. The van der Waals surface area contributed by atoms with Crippen LogP contribution in [0.3, 0.4) is 0 Å². The molecule has 1 atom stereocenters. The molecule has 126 valence electrons. The van der Waals surface area contributed by atoms with Crippen LogP contribution in [0, 0.1) is 0 Å².